The molecule has 1 heterocycles. The maximum absolute atomic E-state index is 9.11. The lowest BCUT2D eigenvalue weighted by molar-refractivity contribution is 0.265. The molecule has 0 saturated carbocycles. The molecule has 1 atom stereocenters. The largest absolute Gasteiger partial charge is 0.396 e. The minimum absolute atomic E-state index is 0.000833. The quantitative estimate of drug-likeness (QED) is 0.737. The van der Waals surface area contributed by atoms with Crippen molar-refractivity contribution in [3.63, 3.8) is 0 Å². The molecule has 3 nitrogen and oxygen atoms in total. The van der Waals surface area contributed by atoms with Gasteiger partial charge in [-0.3, -0.25) is 4.98 Å². The van der Waals surface area contributed by atoms with E-state index in [2.05, 4.69) is 11.1 Å². The minimum atomic E-state index is 0.000833. The topological polar surface area (TPSA) is 59.1 Å². The first-order valence-corrected chi connectivity index (χ1v) is 5.14. The highest BCUT2D eigenvalue weighted by molar-refractivity contribution is 5.28. The van der Waals surface area contributed by atoms with Crippen molar-refractivity contribution in [1.29, 1.82) is 0 Å². The number of aromatic nitrogens is 1. The Bertz CT molecular complexity index is 321. The molecule has 14 heavy (non-hydrogen) atoms. The fourth-order valence-electron chi connectivity index (χ4n) is 1.95. The second-order valence-electron chi connectivity index (χ2n) is 3.81. The minimum Gasteiger partial charge on any atom is -0.396 e. The Balaban J connectivity index is 2.27. The lowest BCUT2D eigenvalue weighted by atomic mass is 10.0. The predicted octanol–water partition coefficient (Wildman–Crippen LogP) is 0.605. The van der Waals surface area contributed by atoms with E-state index >= 15 is 0 Å². The van der Waals surface area contributed by atoms with Crippen molar-refractivity contribution in [2.24, 2.45) is 5.73 Å². The van der Waals surface area contributed by atoms with Gasteiger partial charge < -0.3 is 10.8 Å². The average molecular weight is 192 g/mol. The summed E-state index contributed by atoms with van der Waals surface area (Å²) in [6.07, 6.45) is 3.43. The summed E-state index contributed by atoms with van der Waals surface area (Å²) in [6, 6.07) is 4.13. The zero-order chi connectivity index (χ0) is 9.97. The molecule has 0 aliphatic heterocycles. The zero-order valence-electron chi connectivity index (χ0n) is 8.24. The van der Waals surface area contributed by atoms with Crippen molar-refractivity contribution in [3.05, 3.63) is 29.1 Å². The van der Waals surface area contributed by atoms with Gasteiger partial charge >= 0.3 is 0 Å². The normalized spacial score (nSPS) is 16.7. The lowest BCUT2D eigenvalue weighted by Gasteiger charge is -2.11. The number of hydrogen-bond acceptors (Lipinski definition) is 3. The van der Waals surface area contributed by atoms with Gasteiger partial charge in [0, 0.05) is 23.9 Å². The second-order valence-corrected chi connectivity index (χ2v) is 3.81. The highest BCUT2D eigenvalue weighted by Crippen LogP contribution is 2.22. The van der Waals surface area contributed by atoms with Crippen LogP contribution in [0.15, 0.2) is 12.1 Å². The van der Waals surface area contributed by atoms with E-state index < -0.39 is 0 Å². The van der Waals surface area contributed by atoms with E-state index in [1.807, 2.05) is 6.07 Å². The molecule has 76 valence electrons. The van der Waals surface area contributed by atoms with Gasteiger partial charge in [0.2, 0.25) is 0 Å². The molecule has 3 heteroatoms. The van der Waals surface area contributed by atoms with Crippen molar-refractivity contribution in [3.8, 4) is 0 Å². The van der Waals surface area contributed by atoms with Crippen LogP contribution in [0.25, 0.3) is 0 Å². The smallest absolute Gasteiger partial charge is 0.0527 e. The van der Waals surface area contributed by atoms with Gasteiger partial charge in [-0.15, -0.1) is 0 Å². The number of nitrogens with two attached hydrogens (primary N) is 1. The summed E-state index contributed by atoms with van der Waals surface area (Å²) < 4.78 is 0. The molecular formula is C11H16N2O. The molecule has 0 spiro atoms. The SMILES string of the molecule is NCC(CO)c1ccc2c(n1)CCC2. The fraction of sp³-hybridized carbons (Fsp3) is 0.545. The van der Waals surface area contributed by atoms with Crippen molar-refractivity contribution in [1.82, 2.24) is 4.98 Å². The summed E-state index contributed by atoms with van der Waals surface area (Å²) in [5, 5.41) is 9.11. The van der Waals surface area contributed by atoms with E-state index in [0.29, 0.717) is 6.54 Å². The molecule has 0 amide bonds. The molecule has 3 N–H and O–H groups in total. The van der Waals surface area contributed by atoms with Crippen LogP contribution in [0.1, 0.15) is 29.3 Å². The number of aliphatic hydroxyl groups is 1. The molecule has 0 bridgehead atoms. The number of pyridine rings is 1. The lowest BCUT2D eigenvalue weighted by Crippen LogP contribution is -2.17. The summed E-state index contributed by atoms with van der Waals surface area (Å²) in [4.78, 5) is 4.56. The van der Waals surface area contributed by atoms with Gasteiger partial charge in [0.25, 0.3) is 0 Å². The Kier molecular flexibility index (Phi) is 2.79. The zero-order valence-corrected chi connectivity index (χ0v) is 8.24. The second kappa shape index (κ2) is 4.07. The Morgan fingerprint density at radius 2 is 2.29 bits per heavy atom. The Morgan fingerprint density at radius 1 is 1.43 bits per heavy atom. The maximum Gasteiger partial charge on any atom is 0.0527 e. The molecular weight excluding hydrogens is 176 g/mol. The van der Waals surface area contributed by atoms with Crippen LogP contribution in [0.3, 0.4) is 0 Å². The van der Waals surface area contributed by atoms with Gasteiger partial charge in [0.05, 0.1) is 6.61 Å². The van der Waals surface area contributed by atoms with Crippen molar-refractivity contribution in [2.75, 3.05) is 13.2 Å². The van der Waals surface area contributed by atoms with Gasteiger partial charge in [-0.2, -0.15) is 0 Å². The van der Waals surface area contributed by atoms with E-state index in [4.69, 9.17) is 10.8 Å². The monoisotopic (exact) mass is 192 g/mol. The first-order valence-electron chi connectivity index (χ1n) is 5.14. The molecule has 1 aliphatic carbocycles. The molecule has 2 rings (SSSR count). The molecule has 1 unspecified atom stereocenters. The third-order valence-electron chi connectivity index (χ3n) is 2.87. The van der Waals surface area contributed by atoms with Gasteiger partial charge in [-0.25, -0.2) is 0 Å². The summed E-state index contributed by atoms with van der Waals surface area (Å²) in [7, 11) is 0. The molecule has 0 saturated heterocycles. The number of rotatable bonds is 3. The first-order chi connectivity index (χ1) is 6.85. The van der Waals surface area contributed by atoms with Gasteiger partial charge in [0.1, 0.15) is 0 Å². The van der Waals surface area contributed by atoms with Crippen LogP contribution < -0.4 is 5.73 Å². The number of aryl methyl sites for hydroxylation is 2. The van der Waals surface area contributed by atoms with E-state index in [0.717, 1.165) is 18.5 Å². The van der Waals surface area contributed by atoms with E-state index in [1.54, 1.807) is 0 Å². The van der Waals surface area contributed by atoms with Crippen LogP contribution in [0.5, 0.6) is 0 Å². The summed E-state index contributed by atoms with van der Waals surface area (Å²) in [6.45, 7) is 0.546. The van der Waals surface area contributed by atoms with Crippen LogP contribution in [0.4, 0.5) is 0 Å². The standard InChI is InChI=1S/C11H16N2O/c12-6-9(7-14)11-5-4-8-2-1-3-10(8)13-11/h4-5,9,14H,1-3,6-7,12H2. The molecule has 0 aromatic carbocycles. The molecule has 0 fully saturated rings. The van der Waals surface area contributed by atoms with Gasteiger partial charge in [-0.1, -0.05) is 6.07 Å². The van der Waals surface area contributed by atoms with Crippen molar-refractivity contribution >= 4 is 0 Å². The number of aliphatic hydroxyl groups excluding tert-OH is 1. The third kappa shape index (κ3) is 1.65. The maximum atomic E-state index is 9.11. The number of hydrogen-bond donors (Lipinski definition) is 2. The van der Waals surface area contributed by atoms with Gasteiger partial charge in [-0.05, 0) is 30.9 Å². The van der Waals surface area contributed by atoms with Crippen LogP contribution in [-0.4, -0.2) is 23.2 Å². The number of fused-ring (bicyclic) bond motifs is 1. The Hall–Kier alpha value is -0.930. The van der Waals surface area contributed by atoms with E-state index in [-0.39, 0.29) is 12.5 Å². The first kappa shape index (κ1) is 9.62. The molecule has 1 aromatic heterocycles. The number of nitrogens with zero attached hydrogens (tertiary/aromatic N) is 1. The molecule has 0 radical (unpaired) electrons. The van der Waals surface area contributed by atoms with E-state index in [9.17, 15) is 0 Å². The Labute approximate surface area is 84.0 Å². The summed E-state index contributed by atoms with van der Waals surface area (Å²) >= 11 is 0. The fourth-order valence-corrected chi connectivity index (χ4v) is 1.95. The van der Waals surface area contributed by atoms with Crippen LogP contribution in [0, 0.1) is 0 Å². The summed E-state index contributed by atoms with van der Waals surface area (Å²) in [5.74, 6) is 0.000833. The summed E-state index contributed by atoms with van der Waals surface area (Å²) in [5.41, 5.74) is 9.07. The van der Waals surface area contributed by atoms with Crippen LogP contribution >= 0.6 is 0 Å². The third-order valence-corrected chi connectivity index (χ3v) is 2.87. The molecule has 1 aliphatic rings. The van der Waals surface area contributed by atoms with Crippen LogP contribution in [0.2, 0.25) is 0 Å². The average Bonchev–Trinajstić information content (AvgIpc) is 2.66. The molecule has 1 aromatic rings. The Morgan fingerprint density at radius 3 is 3.00 bits per heavy atom. The highest BCUT2D eigenvalue weighted by atomic mass is 16.3. The van der Waals surface area contributed by atoms with E-state index in [1.165, 1.54) is 17.7 Å². The van der Waals surface area contributed by atoms with Crippen LogP contribution in [-0.2, 0) is 12.8 Å². The predicted molar refractivity (Wildman–Crippen MR) is 55.1 cm³/mol. The van der Waals surface area contributed by atoms with Crippen molar-refractivity contribution in [2.45, 2.75) is 25.2 Å². The van der Waals surface area contributed by atoms with Crippen molar-refractivity contribution < 1.29 is 5.11 Å². The highest BCUT2D eigenvalue weighted by Gasteiger charge is 2.16. The van der Waals surface area contributed by atoms with Gasteiger partial charge in [0.15, 0.2) is 0 Å².